The lowest BCUT2D eigenvalue weighted by atomic mass is 9.96. The van der Waals surface area contributed by atoms with Crippen LogP contribution in [0.2, 0.25) is 0 Å². The first-order valence-corrected chi connectivity index (χ1v) is 12.1. The summed E-state index contributed by atoms with van der Waals surface area (Å²) < 4.78 is 19.9. The molecule has 35 heavy (non-hydrogen) atoms. The number of carbonyl (C=O) groups is 2. The molecular formula is C25H35FN6O3. The average molecular weight is 487 g/mol. The van der Waals surface area contributed by atoms with Gasteiger partial charge in [-0.2, -0.15) is 0 Å². The number of rotatable bonds is 9. The Hall–Kier alpha value is -3.43. The molecule has 1 aromatic heterocycles. The van der Waals surface area contributed by atoms with Crippen molar-refractivity contribution in [3.8, 4) is 0 Å². The molecule has 2 amide bonds. The zero-order valence-corrected chi connectivity index (χ0v) is 20.9. The average Bonchev–Trinajstić information content (AvgIpc) is 2.84. The van der Waals surface area contributed by atoms with E-state index in [4.69, 9.17) is 4.74 Å². The van der Waals surface area contributed by atoms with E-state index in [0.29, 0.717) is 49.7 Å². The van der Waals surface area contributed by atoms with Gasteiger partial charge in [-0.25, -0.2) is 19.2 Å². The molecule has 3 rings (SSSR count). The molecule has 2 N–H and O–H groups in total. The monoisotopic (exact) mass is 486 g/mol. The zero-order valence-electron chi connectivity index (χ0n) is 20.9. The Morgan fingerprint density at radius 2 is 1.97 bits per heavy atom. The maximum atomic E-state index is 14.5. The van der Waals surface area contributed by atoms with Crippen LogP contribution in [0, 0.1) is 17.7 Å². The van der Waals surface area contributed by atoms with Gasteiger partial charge < -0.3 is 25.2 Å². The van der Waals surface area contributed by atoms with Crippen molar-refractivity contribution in [1.82, 2.24) is 20.2 Å². The Bertz CT molecular complexity index is 1010. The highest BCUT2D eigenvalue weighted by molar-refractivity contribution is 5.94. The summed E-state index contributed by atoms with van der Waals surface area (Å²) in [5, 5.41) is 5.62. The first kappa shape index (κ1) is 26.2. The van der Waals surface area contributed by atoms with E-state index in [1.807, 2.05) is 32.7 Å². The first-order chi connectivity index (χ1) is 16.8. The molecule has 1 fully saturated rings. The Labute approximate surface area is 206 Å². The topological polar surface area (TPSA) is 99.7 Å². The first-order valence-electron chi connectivity index (χ1n) is 12.1. The van der Waals surface area contributed by atoms with Gasteiger partial charge >= 0.3 is 6.09 Å². The zero-order chi connectivity index (χ0) is 25.4. The van der Waals surface area contributed by atoms with Crippen molar-refractivity contribution in [1.29, 1.82) is 0 Å². The number of halogens is 1. The van der Waals surface area contributed by atoms with Crippen LogP contribution in [0.5, 0.6) is 0 Å². The molecule has 2 heterocycles. The number of ether oxygens (including phenoxy) is 1. The van der Waals surface area contributed by atoms with Gasteiger partial charge in [0, 0.05) is 44.9 Å². The van der Waals surface area contributed by atoms with E-state index in [1.54, 1.807) is 17.0 Å². The maximum absolute atomic E-state index is 14.5. The number of nitrogens with zero attached hydrogens (tertiary/aromatic N) is 4. The number of amides is 2. The van der Waals surface area contributed by atoms with Crippen molar-refractivity contribution < 1.29 is 18.7 Å². The molecule has 1 saturated heterocycles. The van der Waals surface area contributed by atoms with Gasteiger partial charge in [0.1, 0.15) is 23.8 Å². The molecule has 1 aromatic carbocycles. The number of benzene rings is 1. The minimum Gasteiger partial charge on any atom is -0.449 e. The van der Waals surface area contributed by atoms with E-state index in [9.17, 15) is 14.0 Å². The second kappa shape index (κ2) is 12.3. The van der Waals surface area contributed by atoms with Crippen LogP contribution in [0.4, 0.5) is 26.5 Å². The van der Waals surface area contributed by atoms with E-state index in [1.165, 1.54) is 18.5 Å². The number of hydrogen-bond donors (Lipinski definition) is 2. The largest absolute Gasteiger partial charge is 0.449 e. The molecule has 0 unspecified atom stereocenters. The second-order valence-electron chi connectivity index (χ2n) is 9.22. The minimum absolute atomic E-state index is 0.224. The predicted molar refractivity (Wildman–Crippen MR) is 133 cm³/mol. The molecule has 0 radical (unpaired) electrons. The smallest absolute Gasteiger partial charge is 0.409 e. The lowest BCUT2D eigenvalue weighted by Crippen LogP contribution is -2.41. The van der Waals surface area contributed by atoms with Crippen LogP contribution in [0.3, 0.4) is 0 Å². The van der Waals surface area contributed by atoms with Gasteiger partial charge in [-0.3, -0.25) is 4.79 Å². The van der Waals surface area contributed by atoms with E-state index >= 15 is 0 Å². The summed E-state index contributed by atoms with van der Waals surface area (Å²) in [5.74, 6) is 1.04. The van der Waals surface area contributed by atoms with Crippen LogP contribution in [0.25, 0.3) is 0 Å². The van der Waals surface area contributed by atoms with Crippen molar-refractivity contribution in [3.05, 3.63) is 42.0 Å². The number of aromatic nitrogens is 2. The molecule has 1 aliphatic rings. The van der Waals surface area contributed by atoms with Gasteiger partial charge in [-0.15, -0.1) is 0 Å². The number of anilines is 3. The van der Waals surface area contributed by atoms with E-state index in [-0.39, 0.29) is 23.3 Å². The Morgan fingerprint density at radius 1 is 1.23 bits per heavy atom. The summed E-state index contributed by atoms with van der Waals surface area (Å²) in [6.45, 7) is 8.89. The van der Waals surface area contributed by atoms with Crippen LogP contribution >= 0.6 is 0 Å². The SMILES string of the molecule is CCNC(=O)c1ccc(Nc2cc(N(C)CC3CCN(C(=O)OCC(C)C)CC3)ncn2)c(F)c1. The highest BCUT2D eigenvalue weighted by atomic mass is 19.1. The van der Waals surface area contributed by atoms with Crippen molar-refractivity contribution in [3.63, 3.8) is 0 Å². The molecule has 0 saturated carbocycles. The summed E-state index contributed by atoms with van der Waals surface area (Å²) in [4.78, 5) is 36.4. The van der Waals surface area contributed by atoms with Crippen LogP contribution in [-0.2, 0) is 4.74 Å². The summed E-state index contributed by atoms with van der Waals surface area (Å²) in [6.07, 6.45) is 2.98. The number of likely N-dealkylation sites (tertiary alicyclic amines) is 1. The van der Waals surface area contributed by atoms with Gasteiger partial charge in [-0.1, -0.05) is 13.8 Å². The van der Waals surface area contributed by atoms with Crippen LogP contribution in [-0.4, -0.2) is 66.7 Å². The molecule has 0 spiro atoms. The third kappa shape index (κ3) is 7.53. The molecule has 1 aliphatic heterocycles. The van der Waals surface area contributed by atoms with Crippen LogP contribution in [0.1, 0.15) is 44.0 Å². The minimum atomic E-state index is -0.541. The van der Waals surface area contributed by atoms with Gasteiger partial charge in [-0.05, 0) is 49.8 Å². The molecule has 0 atom stereocenters. The summed E-state index contributed by atoms with van der Waals surface area (Å²) >= 11 is 0. The predicted octanol–water partition coefficient (Wildman–Crippen LogP) is 4.05. The molecule has 0 bridgehead atoms. The van der Waals surface area contributed by atoms with Crippen molar-refractivity contribution in [2.24, 2.45) is 11.8 Å². The fourth-order valence-corrected chi connectivity index (χ4v) is 3.89. The number of piperidine rings is 1. The summed E-state index contributed by atoms with van der Waals surface area (Å²) in [5.41, 5.74) is 0.485. The van der Waals surface area contributed by atoms with E-state index in [2.05, 4.69) is 20.6 Å². The lowest BCUT2D eigenvalue weighted by molar-refractivity contribution is 0.0795. The van der Waals surface area contributed by atoms with Gasteiger partial charge in [0.25, 0.3) is 5.91 Å². The Balaban J connectivity index is 1.54. The summed E-state index contributed by atoms with van der Waals surface area (Å²) in [6, 6.07) is 6.04. The lowest BCUT2D eigenvalue weighted by Gasteiger charge is -2.33. The van der Waals surface area contributed by atoms with Crippen molar-refractivity contribution >= 4 is 29.3 Å². The Kier molecular flexibility index (Phi) is 9.22. The normalized spacial score (nSPS) is 14.1. The van der Waals surface area contributed by atoms with Gasteiger partial charge in [0.05, 0.1) is 12.3 Å². The number of carbonyl (C=O) groups excluding carboxylic acids is 2. The third-order valence-corrected chi connectivity index (χ3v) is 5.82. The van der Waals surface area contributed by atoms with Crippen molar-refractivity contribution in [2.75, 3.05) is 50.1 Å². The molecule has 190 valence electrons. The van der Waals surface area contributed by atoms with E-state index in [0.717, 1.165) is 19.4 Å². The highest BCUT2D eigenvalue weighted by Gasteiger charge is 2.25. The molecular weight excluding hydrogens is 451 g/mol. The highest BCUT2D eigenvalue weighted by Crippen LogP contribution is 2.24. The van der Waals surface area contributed by atoms with Crippen LogP contribution in [0.15, 0.2) is 30.6 Å². The Morgan fingerprint density at radius 3 is 2.63 bits per heavy atom. The van der Waals surface area contributed by atoms with Crippen LogP contribution < -0.4 is 15.5 Å². The van der Waals surface area contributed by atoms with Crippen molar-refractivity contribution in [2.45, 2.75) is 33.6 Å². The number of nitrogens with one attached hydrogen (secondary N) is 2. The molecule has 10 heteroatoms. The fraction of sp³-hybridized carbons (Fsp3) is 0.520. The van der Waals surface area contributed by atoms with Gasteiger partial charge in [0.15, 0.2) is 0 Å². The molecule has 2 aromatic rings. The maximum Gasteiger partial charge on any atom is 0.409 e. The third-order valence-electron chi connectivity index (χ3n) is 5.82. The summed E-state index contributed by atoms with van der Waals surface area (Å²) in [7, 11) is 1.96. The molecule has 9 nitrogen and oxygen atoms in total. The quantitative estimate of drug-likeness (QED) is 0.552. The van der Waals surface area contributed by atoms with Gasteiger partial charge in [0.2, 0.25) is 0 Å². The van der Waals surface area contributed by atoms with E-state index < -0.39 is 5.82 Å². The fourth-order valence-electron chi connectivity index (χ4n) is 3.89. The molecule has 0 aliphatic carbocycles. The number of hydrogen-bond acceptors (Lipinski definition) is 7. The second-order valence-corrected chi connectivity index (χ2v) is 9.22. The standard InChI is InChI=1S/C25H35FN6O3/c1-5-27-24(33)19-6-7-21(20(26)12-19)30-22-13-23(29-16-28-22)31(4)14-18-8-10-32(11-9-18)25(34)35-15-17(2)3/h6-7,12-13,16-18H,5,8-11,14-15H2,1-4H3,(H,27,33)(H,28,29,30).